The molecule has 10 nitrogen and oxygen atoms in total. The zero-order valence-electron chi connectivity index (χ0n) is 16.4. The molecule has 4 aromatic rings. The maximum atomic E-state index is 11.3. The molecule has 0 bridgehead atoms. The lowest BCUT2D eigenvalue weighted by Gasteiger charge is -2.27. The minimum atomic E-state index is -0.999. The topological polar surface area (TPSA) is 129 Å². The van der Waals surface area contributed by atoms with Gasteiger partial charge in [0.15, 0.2) is 5.82 Å². The van der Waals surface area contributed by atoms with Crippen molar-refractivity contribution in [3.8, 4) is 11.4 Å². The molecule has 3 N–H and O–H groups in total. The molecular weight excluding hydrogens is 398 g/mol. The molecule has 0 amide bonds. The number of fused-ring (bicyclic) bond motifs is 1. The zero-order valence-corrected chi connectivity index (χ0v) is 16.4. The second kappa shape index (κ2) is 8.00. The smallest absolute Gasteiger partial charge is 0.335 e. The summed E-state index contributed by atoms with van der Waals surface area (Å²) in [5, 5.41) is 20.4. The third-order valence-corrected chi connectivity index (χ3v) is 5.01. The Labute approximate surface area is 176 Å². The van der Waals surface area contributed by atoms with Gasteiger partial charge in [-0.05, 0) is 24.3 Å². The van der Waals surface area contributed by atoms with Crippen molar-refractivity contribution >= 4 is 34.5 Å². The summed E-state index contributed by atoms with van der Waals surface area (Å²) < 4.78 is 5.45. The van der Waals surface area contributed by atoms with E-state index in [-0.39, 0.29) is 5.56 Å². The van der Waals surface area contributed by atoms with Crippen LogP contribution in [-0.4, -0.2) is 62.5 Å². The van der Waals surface area contributed by atoms with E-state index in [1.54, 1.807) is 18.3 Å². The molecule has 0 unspecified atom stereocenters. The van der Waals surface area contributed by atoms with Crippen LogP contribution >= 0.6 is 0 Å². The van der Waals surface area contributed by atoms with Crippen LogP contribution in [0.25, 0.3) is 22.3 Å². The molecule has 2 aromatic carbocycles. The fourth-order valence-corrected chi connectivity index (χ4v) is 3.47. The highest BCUT2D eigenvalue weighted by Crippen LogP contribution is 2.28. The molecule has 0 spiro atoms. The highest BCUT2D eigenvalue weighted by Gasteiger charge is 2.19. The van der Waals surface area contributed by atoms with E-state index in [0.29, 0.717) is 49.7 Å². The Morgan fingerprint density at radius 3 is 2.77 bits per heavy atom. The number of H-pyrrole nitrogens is 1. The number of carbonyl (C=O) groups is 1. The molecule has 0 aliphatic carbocycles. The molecule has 0 atom stereocenters. The summed E-state index contributed by atoms with van der Waals surface area (Å²) in [5.74, 6) is 0.362. The number of anilines is 3. The molecular formula is C21H19N7O3. The van der Waals surface area contributed by atoms with Crippen LogP contribution in [0.4, 0.5) is 17.6 Å². The van der Waals surface area contributed by atoms with E-state index in [0.717, 1.165) is 16.5 Å². The van der Waals surface area contributed by atoms with E-state index in [4.69, 9.17) is 9.72 Å². The predicted molar refractivity (Wildman–Crippen MR) is 115 cm³/mol. The lowest BCUT2D eigenvalue weighted by molar-refractivity contribution is 0.0697. The molecule has 3 heterocycles. The molecule has 1 aliphatic rings. The molecule has 0 radical (unpaired) electrons. The van der Waals surface area contributed by atoms with E-state index in [1.807, 2.05) is 23.1 Å². The maximum absolute atomic E-state index is 11.3. The van der Waals surface area contributed by atoms with Gasteiger partial charge in [0.25, 0.3) is 0 Å². The normalized spacial score (nSPS) is 14.0. The van der Waals surface area contributed by atoms with Crippen LogP contribution in [0.1, 0.15) is 10.4 Å². The summed E-state index contributed by atoms with van der Waals surface area (Å²) in [6.07, 6.45) is 1.74. The number of carboxylic acid groups (broad SMARTS) is 1. The van der Waals surface area contributed by atoms with Crippen LogP contribution in [0.3, 0.4) is 0 Å². The first-order valence-electron chi connectivity index (χ1n) is 9.79. The van der Waals surface area contributed by atoms with Gasteiger partial charge in [-0.3, -0.25) is 5.10 Å². The summed E-state index contributed by atoms with van der Waals surface area (Å²) in [5.41, 5.74) is 2.46. The first-order valence-corrected chi connectivity index (χ1v) is 9.79. The minimum Gasteiger partial charge on any atom is -0.478 e. The van der Waals surface area contributed by atoms with Gasteiger partial charge in [-0.15, -0.1) is 0 Å². The van der Waals surface area contributed by atoms with Gasteiger partial charge in [-0.25, -0.2) is 4.79 Å². The van der Waals surface area contributed by atoms with Crippen LogP contribution < -0.4 is 10.2 Å². The van der Waals surface area contributed by atoms with Gasteiger partial charge < -0.3 is 20.1 Å². The summed E-state index contributed by atoms with van der Waals surface area (Å²) >= 11 is 0. The van der Waals surface area contributed by atoms with Crippen LogP contribution in [-0.2, 0) is 4.74 Å². The Balaban J connectivity index is 1.59. The fourth-order valence-electron chi connectivity index (χ4n) is 3.47. The Morgan fingerprint density at radius 2 is 1.94 bits per heavy atom. The molecule has 0 saturated carbocycles. The van der Waals surface area contributed by atoms with Crippen LogP contribution in [0.2, 0.25) is 0 Å². The number of aromatic nitrogens is 5. The average Bonchev–Trinajstić information content (AvgIpc) is 3.29. The quantitative estimate of drug-likeness (QED) is 0.449. The van der Waals surface area contributed by atoms with Gasteiger partial charge >= 0.3 is 5.97 Å². The third kappa shape index (κ3) is 3.88. The van der Waals surface area contributed by atoms with Gasteiger partial charge in [0.1, 0.15) is 0 Å². The number of nitrogens with one attached hydrogen (secondary N) is 2. The summed E-state index contributed by atoms with van der Waals surface area (Å²) in [6, 6.07) is 12.3. The van der Waals surface area contributed by atoms with Crippen molar-refractivity contribution in [2.24, 2.45) is 0 Å². The van der Waals surface area contributed by atoms with Crippen molar-refractivity contribution in [2.75, 3.05) is 36.5 Å². The average molecular weight is 417 g/mol. The maximum Gasteiger partial charge on any atom is 0.335 e. The Hall–Kier alpha value is -4.05. The SMILES string of the molecule is O=C(O)c1cccc(Nc2nc(-c3cccc4[nH]ncc34)nc(N3CCOCC3)n2)c1. The van der Waals surface area contributed by atoms with E-state index < -0.39 is 5.97 Å². The van der Waals surface area contributed by atoms with Gasteiger partial charge in [-0.1, -0.05) is 18.2 Å². The van der Waals surface area contributed by atoms with Gasteiger partial charge in [0.2, 0.25) is 11.9 Å². The lowest BCUT2D eigenvalue weighted by Crippen LogP contribution is -2.37. The highest BCUT2D eigenvalue weighted by molar-refractivity contribution is 5.92. The number of aromatic carboxylic acids is 1. The van der Waals surface area contributed by atoms with E-state index in [1.165, 1.54) is 12.1 Å². The van der Waals surface area contributed by atoms with E-state index in [9.17, 15) is 9.90 Å². The molecule has 1 fully saturated rings. The number of ether oxygens (including phenoxy) is 1. The van der Waals surface area contributed by atoms with Crippen molar-refractivity contribution < 1.29 is 14.6 Å². The Bertz CT molecular complexity index is 1250. The summed E-state index contributed by atoms with van der Waals surface area (Å²) in [7, 11) is 0. The molecule has 2 aromatic heterocycles. The van der Waals surface area contributed by atoms with Gasteiger partial charge in [0.05, 0.1) is 30.5 Å². The molecule has 10 heteroatoms. The largest absolute Gasteiger partial charge is 0.478 e. The number of rotatable bonds is 5. The molecule has 1 aliphatic heterocycles. The van der Waals surface area contributed by atoms with Crippen LogP contribution in [0.5, 0.6) is 0 Å². The standard InChI is InChI=1S/C21H19N7O3/c29-19(30)13-3-1-4-14(11-13)23-20-24-18(15-5-2-6-17-16(15)12-22-27-17)25-21(26-20)28-7-9-31-10-8-28/h1-6,11-12H,7-10H2,(H,22,27)(H,29,30)(H,23,24,25,26). The van der Waals surface area contributed by atoms with Crippen molar-refractivity contribution in [1.29, 1.82) is 0 Å². The number of benzene rings is 2. The summed E-state index contributed by atoms with van der Waals surface area (Å²) in [4.78, 5) is 27.3. The monoisotopic (exact) mass is 417 g/mol. The Kier molecular flexibility index (Phi) is 4.89. The Morgan fingerprint density at radius 1 is 1.10 bits per heavy atom. The van der Waals surface area contributed by atoms with Gasteiger partial charge in [-0.2, -0.15) is 20.1 Å². The number of hydrogen-bond donors (Lipinski definition) is 3. The first-order chi connectivity index (χ1) is 15.2. The van der Waals surface area contributed by atoms with Crippen molar-refractivity contribution in [2.45, 2.75) is 0 Å². The van der Waals surface area contributed by atoms with Crippen molar-refractivity contribution in [3.63, 3.8) is 0 Å². The zero-order chi connectivity index (χ0) is 21.2. The number of hydrogen-bond acceptors (Lipinski definition) is 8. The van der Waals surface area contributed by atoms with Crippen molar-refractivity contribution in [1.82, 2.24) is 25.1 Å². The van der Waals surface area contributed by atoms with Crippen LogP contribution in [0, 0.1) is 0 Å². The lowest BCUT2D eigenvalue weighted by atomic mass is 10.1. The molecule has 156 valence electrons. The predicted octanol–water partition coefficient (Wildman–Crippen LogP) is 2.69. The van der Waals surface area contributed by atoms with E-state index in [2.05, 4.69) is 25.5 Å². The van der Waals surface area contributed by atoms with E-state index >= 15 is 0 Å². The molecule has 5 rings (SSSR count). The van der Waals surface area contributed by atoms with Crippen molar-refractivity contribution in [3.05, 3.63) is 54.2 Å². The number of nitrogens with zero attached hydrogens (tertiary/aromatic N) is 5. The molecule has 1 saturated heterocycles. The minimum absolute atomic E-state index is 0.177. The fraction of sp³-hybridized carbons (Fsp3) is 0.190. The summed E-state index contributed by atoms with van der Waals surface area (Å²) in [6.45, 7) is 2.55. The van der Waals surface area contributed by atoms with Crippen LogP contribution in [0.15, 0.2) is 48.7 Å². The second-order valence-electron chi connectivity index (χ2n) is 7.03. The number of carboxylic acids is 1. The third-order valence-electron chi connectivity index (χ3n) is 5.01. The number of aromatic amines is 1. The second-order valence-corrected chi connectivity index (χ2v) is 7.03. The van der Waals surface area contributed by atoms with Gasteiger partial charge in [0, 0.05) is 29.7 Å². The number of morpholine rings is 1. The molecule has 31 heavy (non-hydrogen) atoms. The highest BCUT2D eigenvalue weighted by atomic mass is 16.5. The first kappa shape index (κ1) is 18.9.